The SMILES string of the molecule is O=C(NCCSc1ccccc1)N1CCCC1. The van der Waals surface area contributed by atoms with Gasteiger partial charge in [0.1, 0.15) is 0 Å². The number of nitrogens with zero attached hydrogens (tertiary/aromatic N) is 1. The number of amides is 2. The highest BCUT2D eigenvalue weighted by molar-refractivity contribution is 7.99. The van der Waals surface area contributed by atoms with Crippen molar-refractivity contribution in [1.29, 1.82) is 0 Å². The summed E-state index contributed by atoms with van der Waals surface area (Å²) in [5.41, 5.74) is 0. The molecule has 0 spiro atoms. The summed E-state index contributed by atoms with van der Waals surface area (Å²) in [7, 11) is 0. The van der Waals surface area contributed by atoms with Gasteiger partial charge in [-0.3, -0.25) is 0 Å². The van der Waals surface area contributed by atoms with Crippen LogP contribution in [0.25, 0.3) is 0 Å². The summed E-state index contributed by atoms with van der Waals surface area (Å²) in [6.07, 6.45) is 2.29. The minimum atomic E-state index is 0.0937. The Morgan fingerprint density at radius 3 is 2.65 bits per heavy atom. The van der Waals surface area contributed by atoms with Gasteiger partial charge in [-0.05, 0) is 25.0 Å². The second-order valence-corrected chi connectivity index (χ2v) is 5.26. The Hall–Kier alpha value is -1.16. The van der Waals surface area contributed by atoms with Crippen LogP contribution in [0.3, 0.4) is 0 Å². The molecule has 2 rings (SSSR count). The highest BCUT2D eigenvalue weighted by Crippen LogP contribution is 2.15. The van der Waals surface area contributed by atoms with Crippen LogP contribution >= 0.6 is 11.8 Å². The molecule has 0 aromatic heterocycles. The smallest absolute Gasteiger partial charge is 0.317 e. The molecule has 2 amide bonds. The van der Waals surface area contributed by atoms with Crippen LogP contribution in [0.4, 0.5) is 4.79 Å². The van der Waals surface area contributed by atoms with Gasteiger partial charge in [0.2, 0.25) is 0 Å². The molecule has 0 saturated carbocycles. The number of nitrogens with one attached hydrogen (secondary N) is 1. The molecular formula is C13H18N2OS. The zero-order valence-corrected chi connectivity index (χ0v) is 10.7. The summed E-state index contributed by atoms with van der Waals surface area (Å²) in [6.45, 7) is 2.56. The first-order valence-electron chi connectivity index (χ1n) is 6.07. The van der Waals surface area contributed by atoms with E-state index in [1.165, 1.54) is 4.90 Å². The van der Waals surface area contributed by atoms with E-state index >= 15 is 0 Å². The molecule has 17 heavy (non-hydrogen) atoms. The van der Waals surface area contributed by atoms with Gasteiger partial charge in [0.05, 0.1) is 0 Å². The molecule has 3 nitrogen and oxygen atoms in total. The number of carbonyl (C=O) groups is 1. The predicted octanol–water partition coefficient (Wildman–Crippen LogP) is 2.58. The maximum atomic E-state index is 11.7. The standard InChI is InChI=1S/C13H18N2OS/c16-13(15-9-4-5-10-15)14-8-11-17-12-6-2-1-3-7-12/h1-3,6-7H,4-5,8-11H2,(H,14,16). The van der Waals surface area contributed by atoms with Crippen LogP contribution in [0, 0.1) is 0 Å². The van der Waals surface area contributed by atoms with Crippen molar-refractivity contribution in [2.24, 2.45) is 0 Å². The fourth-order valence-corrected chi connectivity index (χ4v) is 2.67. The van der Waals surface area contributed by atoms with Crippen LogP contribution < -0.4 is 5.32 Å². The first kappa shape index (κ1) is 12.3. The van der Waals surface area contributed by atoms with E-state index in [2.05, 4.69) is 17.4 Å². The molecule has 1 aromatic carbocycles. The van der Waals surface area contributed by atoms with Crippen molar-refractivity contribution in [2.75, 3.05) is 25.4 Å². The normalized spacial score (nSPS) is 14.9. The Morgan fingerprint density at radius 2 is 1.94 bits per heavy atom. The fraction of sp³-hybridized carbons (Fsp3) is 0.462. The van der Waals surface area contributed by atoms with Crippen molar-refractivity contribution >= 4 is 17.8 Å². The third kappa shape index (κ3) is 3.97. The van der Waals surface area contributed by atoms with Gasteiger partial charge >= 0.3 is 6.03 Å². The van der Waals surface area contributed by atoms with Crippen molar-refractivity contribution in [3.63, 3.8) is 0 Å². The molecule has 1 aromatic rings. The van der Waals surface area contributed by atoms with E-state index in [4.69, 9.17) is 0 Å². The average molecular weight is 250 g/mol. The molecule has 0 aliphatic carbocycles. The zero-order valence-electron chi connectivity index (χ0n) is 9.89. The van der Waals surface area contributed by atoms with Crippen molar-refractivity contribution < 1.29 is 4.79 Å². The van der Waals surface area contributed by atoms with Crippen molar-refractivity contribution in [3.05, 3.63) is 30.3 Å². The molecule has 92 valence electrons. The van der Waals surface area contributed by atoms with Gasteiger partial charge in [0.25, 0.3) is 0 Å². The van der Waals surface area contributed by atoms with Crippen LogP contribution in [-0.4, -0.2) is 36.3 Å². The number of urea groups is 1. The van der Waals surface area contributed by atoms with E-state index in [1.807, 2.05) is 23.1 Å². The Balaban J connectivity index is 1.61. The van der Waals surface area contributed by atoms with Gasteiger partial charge < -0.3 is 10.2 Å². The van der Waals surface area contributed by atoms with Crippen LogP contribution in [0.2, 0.25) is 0 Å². The Kier molecular flexibility index (Phi) is 4.74. The van der Waals surface area contributed by atoms with Crippen LogP contribution in [-0.2, 0) is 0 Å². The lowest BCUT2D eigenvalue weighted by atomic mass is 10.4. The number of rotatable bonds is 4. The van der Waals surface area contributed by atoms with E-state index in [0.29, 0.717) is 0 Å². The molecule has 0 bridgehead atoms. The first-order chi connectivity index (χ1) is 8.36. The molecule has 0 unspecified atom stereocenters. The van der Waals surface area contributed by atoms with Gasteiger partial charge in [-0.1, -0.05) is 18.2 Å². The fourth-order valence-electron chi connectivity index (χ4n) is 1.88. The second-order valence-electron chi connectivity index (χ2n) is 4.09. The van der Waals surface area contributed by atoms with Gasteiger partial charge in [-0.25, -0.2) is 4.79 Å². The number of carbonyl (C=O) groups excluding carboxylic acids is 1. The molecule has 1 saturated heterocycles. The van der Waals surface area contributed by atoms with Gasteiger partial charge in [-0.2, -0.15) is 0 Å². The molecule has 1 heterocycles. The maximum Gasteiger partial charge on any atom is 0.317 e. The van der Waals surface area contributed by atoms with E-state index in [-0.39, 0.29) is 6.03 Å². The zero-order chi connectivity index (χ0) is 11.9. The van der Waals surface area contributed by atoms with E-state index in [1.54, 1.807) is 11.8 Å². The van der Waals surface area contributed by atoms with Gasteiger partial charge in [0, 0.05) is 30.3 Å². The summed E-state index contributed by atoms with van der Waals surface area (Å²) >= 11 is 1.77. The number of likely N-dealkylation sites (tertiary alicyclic amines) is 1. The monoisotopic (exact) mass is 250 g/mol. The Bertz CT molecular complexity index is 350. The number of benzene rings is 1. The van der Waals surface area contributed by atoms with Crippen molar-refractivity contribution in [2.45, 2.75) is 17.7 Å². The third-order valence-electron chi connectivity index (χ3n) is 2.78. The van der Waals surface area contributed by atoms with E-state index in [9.17, 15) is 4.79 Å². The van der Waals surface area contributed by atoms with Crippen LogP contribution in [0.5, 0.6) is 0 Å². The third-order valence-corrected chi connectivity index (χ3v) is 3.80. The van der Waals surface area contributed by atoms with Crippen LogP contribution in [0.1, 0.15) is 12.8 Å². The van der Waals surface area contributed by atoms with Crippen molar-refractivity contribution in [1.82, 2.24) is 10.2 Å². The highest BCUT2D eigenvalue weighted by Gasteiger charge is 2.16. The second kappa shape index (κ2) is 6.55. The molecule has 1 aliphatic rings. The Labute approximate surface area is 107 Å². The Morgan fingerprint density at radius 1 is 1.24 bits per heavy atom. The predicted molar refractivity (Wildman–Crippen MR) is 71.4 cm³/mol. The summed E-state index contributed by atoms with van der Waals surface area (Å²) in [4.78, 5) is 14.8. The lowest BCUT2D eigenvalue weighted by molar-refractivity contribution is 0.209. The summed E-state index contributed by atoms with van der Waals surface area (Å²) in [6, 6.07) is 10.4. The summed E-state index contributed by atoms with van der Waals surface area (Å²) in [5.74, 6) is 0.920. The molecule has 1 aliphatic heterocycles. The average Bonchev–Trinajstić information content (AvgIpc) is 2.89. The summed E-state index contributed by atoms with van der Waals surface area (Å²) in [5, 5.41) is 2.96. The quantitative estimate of drug-likeness (QED) is 0.658. The number of hydrogen-bond donors (Lipinski definition) is 1. The first-order valence-corrected chi connectivity index (χ1v) is 7.05. The molecule has 0 atom stereocenters. The van der Waals surface area contributed by atoms with E-state index < -0.39 is 0 Å². The number of hydrogen-bond acceptors (Lipinski definition) is 2. The van der Waals surface area contributed by atoms with Crippen LogP contribution in [0.15, 0.2) is 35.2 Å². The van der Waals surface area contributed by atoms with Gasteiger partial charge in [-0.15, -0.1) is 11.8 Å². The number of thioether (sulfide) groups is 1. The lowest BCUT2D eigenvalue weighted by Gasteiger charge is -2.15. The maximum absolute atomic E-state index is 11.7. The molecule has 1 N–H and O–H groups in total. The molecule has 1 fully saturated rings. The minimum absolute atomic E-state index is 0.0937. The van der Waals surface area contributed by atoms with E-state index in [0.717, 1.165) is 38.2 Å². The molecular weight excluding hydrogens is 232 g/mol. The highest BCUT2D eigenvalue weighted by atomic mass is 32.2. The molecule has 4 heteroatoms. The topological polar surface area (TPSA) is 32.3 Å². The largest absolute Gasteiger partial charge is 0.337 e. The minimum Gasteiger partial charge on any atom is -0.337 e. The summed E-state index contributed by atoms with van der Waals surface area (Å²) < 4.78 is 0. The molecule has 0 radical (unpaired) electrons. The van der Waals surface area contributed by atoms with Crippen molar-refractivity contribution in [3.8, 4) is 0 Å². The lowest BCUT2D eigenvalue weighted by Crippen LogP contribution is -2.38. The van der Waals surface area contributed by atoms with Gasteiger partial charge in [0.15, 0.2) is 0 Å².